The molecule has 0 aliphatic heterocycles. The van der Waals surface area contributed by atoms with E-state index in [1.54, 1.807) is 12.1 Å². The first-order chi connectivity index (χ1) is 10.2. The number of fused-ring (bicyclic) bond motifs is 1. The zero-order chi connectivity index (χ0) is 14.8. The molecule has 0 amide bonds. The molecule has 0 spiro atoms. The van der Waals surface area contributed by atoms with Crippen LogP contribution >= 0.6 is 11.6 Å². The van der Waals surface area contributed by atoms with Gasteiger partial charge in [0.15, 0.2) is 0 Å². The Hall–Kier alpha value is -2.00. The minimum Gasteiger partial charge on any atom is -0.461 e. The number of furan rings is 1. The Morgan fingerprint density at radius 3 is 2.76 bits per heavy atom. The minimum atomic E-state index is -0.412. The smallest absolute Gasteiger partial charge is 0.141 e. The summed E-state index contributed by atoms with van der Waals surface area (Å²) in [4.78, 5) is 0. The van der Waals surface area contributed by atoms with Crippen LogP contribution in [-0.2, 0) is 13.0 Å². The first-order valence-electron chi connectivity index (χ1n) is 6.87. The Balaban J connectivity index is 1.89. The summed E-state index contributed by atoms with van der Waals surface area (Å²) >= 11 is 5.79. The standard InChI is InChI=1S/C17H15ClFNO/c1-2-16-13(12-5-3-4-6-17(12)21-16)10-20-11-7-8-15(19)14(18)9-11/h3-9,20H,2,10H2,1H3. The molecule has 0 radical (unpaired) electrons. The molecule has 1 aromatic heterocycles. The van der Waals surface area contributed by atoms with Gasteiger partial charge in [0.2, 0.25) is 0 Å². The maximum absolute atomic E-state index is 13.2. The predicted molar refractivity (Wildman–Crippen MR) is 84.3 cm³/mol. The molecule has 0 unspecified atom stereocenters. The second-order valence-electron chi connectivity index (χ2n) is 4.84. The normalized spacial score (nSPS) is 11.0. The quantitative estimate of drug-likeness (QED) is 0.698. The summed E-state index contributed by atoms with van der Waals surface area (Å²) in [7, 11) is 0. The third-order valence-corrected chi connectivity index (χ3v) is 3.78. The number of hydrogen-bond donors (Lipinski definition) is 1. The Labute approximate surface area is 127 Å². The first-order valence-corrected chi connectivity index (χ1v) is 7.25. The van der Waals surface area contributed by atoms with Gasteiger partial charge in [-0.25, -0.2) is 4.39 Å². The number of aryl methyl sites for hydroxylation is 1. The van der Waals surface area contributed by atoms with E-state index in [9.17, 15) is 4.39 Å². The van der Waals surface area contributed by atoms with Gasteiger partial charge in [0, 0.05) is 29.6 Å². The number of nitrogens with one attached hydrogen (secondary N) is 1. The van der Waals surface area contributed by atoms with Gasteiger partial charge in [-0.2, -0.15) is 0 Å². The van der Waals surface area contributed by atoms with Gasteiger partial charge in [-0.05, 0) is 24.3 Å². The molecule has 0 fully saturated rings. The van der Waals surface area contributed by atoms with Gasteiger partial charge in [0.05, 0.1) is 5.02 Å². The predicted octanol–water partition coefficient (Wildman–Crippen LogP) is 5.40. The fraction of sp³-hybridized carbons (Fsp3) is 0.176. The summed E-state index contributed by atoms with van der Waals surface area (Å²) in [6.45, 7) is 2.68. The molecular formula is C17H15ClFNO. The monoisotopic (exact) mass is 303 g/mol. The van der Waals surface area contributed by atoms with Crippen LogP contribution < -0.4 is 5.32 Å². The molecule has 0 aliphatic carbocycles. The lowest BCUT2D eigenvalue weighted by Crippen LogP contribution is -2.01. The van der Waals surface area contributed by atoms with Crippen LogP contribution in [0.1, 0.15) is 18.2 Å². The summed E-state index contributed by atoms with van der Waals surface area (Å²) in [5, 5.41) is 4.50. The largest absolute Gasteiger partial charge is 0.461 e. The topological polar surface area (TPSA) is 25.2 Å². The molecule has 1 N–H and O–H groups in total. The minimum absolute atomic E-state index is 0.118. The van der Waals surface area contributed by atoms with Crippen LogP contribution in [0.3, 0.4) is 0 Å². The summed E-state index contributed by atoms with van der Waals surface area (Å²) in [6.07, 6.45) is 0.829. The second kappa shape index (κ2) is 5.78. The lowest BCUT2D eigenvalue weighted by molar-refractivity contribution is 0.551. The molecular weight excluding hydrogens is 289 g/mol. The van der Waals surface area contributed by atoms with Gasteiger partial charge in [-0.3, -0.25) is 0 Å². The zero-order valence-corrected chi connectivity index (χ0v) is 12.4. The van der Waals surface area contributed by atoms with E-state index in [1.165, 1.54) is 6.07 Å². The Morgan fingerprint density at radius 2 is 2.00 bits per heavy atom. The van der Waals surface area contributed by atoms with Crippen molar-refractivity contribution in [2.24, 2.45) is 0 Å². The molecule has 4 heteroatoms. The van der Waals surface area contributed by atoms with E-state index in [2.05, 4.69) is 12.2 Å². The van der Waals surface area contributed by atoms with Gasteiger partial charge in [0.1, 0.15) is 17.2 Å². The van der Waals surface area contributed by atoms with Gasteiger partial charge in [-0.15, -0.1) is 0 Å². The van der Waals surface area contributed by atoms with E-state index in [-0.39, 0.29) is 5.02 Å². The maximum atomic E-state index is 13.2. The number of para-hydroxylation sites is 1. The summed E-state index contributed by atoms with van der Waals surface area (Å²) in [5.41, 5.74) is 2.81. The van der Waals surface area contributed by atoms with Gasteiger partial charge in [0.25, 0.3) is 0 Å². The molecule has 0 saturated carbocycles. The third-order valence-electron chi connectivity index (χ3n) is 3.49. The van der Waals surface area contributed by atoms with Crippen LogP contribution in [0.25, 0.3) is 11.0 Å². The van der Waals surface area contributed by atoms with Crippen molar-refractivity contribution in [1.29, 1.82) is 0 Å². The van der Waals surface area contributed by atoms with Crippen molar-refractivity contribution in [3.63, 3.8) is 0 Å². The molecule has 21 heavy (non-hydrogen) atoms. The lowest BCUT2D eigenvalue weighted by atomic mass is 10.1. The average molecular weight is 304 g/mol. The van der Waals surface area contributed by atoms with Crippen molar-refractivity contribution in [1.82, 2.24) is 0 Å². The summed E-state index contributed by atoms with van der Waals surface area (Å²) in [6, 6.07) is 12.6. The highest BCUT2D eigenvalue weighted by Crippen LogP contribution is 2.27. The SMILES string of the molecule is CCc1oc2ccccc2c1CNc1ccc(F)c(Cl)c1. The van der Waals surface area contributed by atoms with Crippen LogP contribution in [0.2, 0.25) is 5.02 Å². The van der Waals surface area contributed by atoms with E-state index < -0.39 is 5.82 Å². The van der Waals surface area contributed by atoms with Gasteiger partial charge < -0.3 is 9.73 Å². The molecule has 0 aliphatic rings. The first kappa shape index (κ1) is 14.0. The molecule has 0 bridgehead atoms. The van der Waals surface area contributed by atoms with Crippen LogP contribution in [0.15, 0.2) is 46.9 Å². The van der Waals surface area contributed by atoms with Gasteiger partial charge in [-0.1, -0.05) is 36.7 Å². The van der Waals surface area contributed by atoms with E-state index in [0.29, 0.717) is 6.54 Å². The highest BCUT2D eigenvalue weighted by Gasteiger charge is 2.12. The zero-order valence-electron chi connectivity index (χ0n) is 11.6. The third kappa shape index (κ3) is 2.74. The number of anilines is 1. The van der Waals surface area contributed by atoms with Crippen LogP contribution in [-0.4, -0.2) is 0 Å². The molecule has 0 atom stereocenters. The van der Waals surface area contributed by atoms with Crippen molar-refractivity contribution < 1.29 is 8.81 Å². The molecule has 2 aromatic carbocycles. The highest BCUT2D eigenvalue weighted by atomic mass is 35.5. The number of rotatable bonds is 4. The number of hydrogen-bond acceptors (Lipinski definition) is 2. The van der Waals surface area contributed by atoms with Crippen LogP contribution in [0, 0.1) is 5.82 Å². The fourth-order valence-corrected chi connectivity index (χ4v) is 2.61. The number of halogens is 2. The van der Waals surface area contributed by atoms with E-state index >= 15 is 0 Å². The molecule has 3 aromatic rings. The van der Waals surface area contributed by atoms with Crippen molar-refractivity contribution in [2.45, 2.75) is 19.9 Å². The Kier molecular flexibility index (Phi) is 3.84. The summed E-state index contributed by atoms with van der Waals surface area (Å²) in [5.74, 6) is 0.558. The molecule has 1 heterocycles. The van der Waals surface area contributed by atoms with E-state index in [1.807, 2.05) is 24.3 Å². The molecule has 3 rings (SSSR count). The number of benzene rings is 2. The highest BCUT2D eigenvalue weighted by molar-refractivity contribution is 6.31. The van der Waals surface area contributed by atoms with Crippen molar-refractivity contribution in [2.75, 3.05) is 5.32 Å². The molecule has 2 nitrogen and oxygen atoms in total. The lowest BCUT2D eigenvalue weighted by Gasteiger charge is -2.07. The maximum Gasteiger partial charge on any atom is 0.141 e. The Morgan fingerprint density at radius 1 is 1.19 bits per heavy atom. The molecule has 0 saturated heterocycles. The Bertz CT molecular complexity index is 782. The van der Waals surface area contributed by atoms with Crippen LogP contribution in [0.4, 0.5) is 10.1 Å². The van der Waals surface area contributed by atoms with E-state index in [0.717, 1.165) is 34.4 Å². The van der Waals surface area contributed by atoms with Crippen molar-refractivity contribution in [3.05, 3.63) is 64.6 Å². The summed E-state index contributed by atoms with van der Waals surface area (Å²) < 4.78 is 19.0. The van der Waals surface area contributed by atoms with Crippen LogP contribution in [0.5, 0.6) is 0 Å². The average Bonchev–Trinajstić information content (AvgIpc) is 2.86. The van der Waals surface area contributed by atoms with E-state index in [4.69, 9.17) is 16.0 Å². The fourth-order valence-electron chi connectivity index (χ4n) is 2.43. The van der Waals surface area contributed by atoms with Crippen molar-refractivity contribution in [3.8, 4) is 0 Å². The molecule has 108 valence electrons. The second-order valence-corrected chi connectivity index (χ2v) is 5.24. The van der Waals surface area contributed by atoms with Crippen molar-refractivity contribution >= 4 is 28.3 Å². The van der Waals surface area contributed by atoms with Gasteiger partial charge >= 0.3 is 0 Å².